The van der Waals surface area contributed by atoms with Crippen LogP contribution < -0.4 is 0 Å². The van der Waals surface area contributed by atoms with E-state index in [-0.39, 0.29) is 11.7 Å². The van der Waals surface area contributed by atoms with E-state index >= 15 is 0 Å². The molecular weight excluding hydrogens is 236 g/mol. The summed E-state index contributed by atoms with van der Waals surface area (Å²) in [5, 5.41) is 0. The fourth-order valence-electron chi connectivity index (χ4n) is 2.73. The van der Waals surface area contributed by atoms with Gasteiger partial charge in [-0.25, -0.2) is 0 Å². The predicted molar refractivity (Wildman–Crippen MR) is 73.1 cm³/mol. The fourth-order valence-corrected chi connectivity index (χ4v) is 2.73. The van der Waals surface area contributed by atoms with Crippen LogP contribution >= 0.6 is 0 Å². The first kappa shape index (κ1) is 11.8. The minimum atomic E-state index is -0.168. The second-order valence-corrected chi connectivity index (χ2v) is 4.78. The van der Waals surface area contributed by atoms with Crippen molar-refractivity contribution in [1.29, 1.82) is 0 Å². The van der Waals surface area contributed by atoms with Crippen LogP contribution in [0.3, 0.4) is 0 Å². The quantitative estimate of drug-likeness (QED) is 0.783. The molecule has 1 atom stereocenters. The Labute approximate surface area is 112 Å². The SMILES string of the molecule is O=[C]C1CCc2c(C(=O)c3ccccc3)cccc21. The van der Waals surface area contributed by atoms with Crippen LogP contribution in [0.5, 0.6) is 0 Å². The highest BCUT2D eigenvalue weighted by molar-refractivity contribution is 6.10. The molecule has 0 saturated carbocycles. The minimum Gasteiger partial charge on any atom is -0.290 e. The summed E-state index contributed by atoms with van der Waals surface area (Å²) >= 11 is 0. The number of hydrogen-bond donors (Lipinski definition) is 0. The summed E-state index contributed by atoms with van der Waals surface area (Å²) in [5.74, 6) is -0.137. The second-order valence-electron chi connectivity index (χ2n) is 4.78. The molecule has 1 aliphatic rings. The maximum Gasteiger partial charge on any atom is 0.206 e. The normalized spacial score (nSPS) is 16.9. The van der Waals surface area contributed by atoms with E-state index in [0.717, 1.165) is 29.5 Å². The fraction of sp³-hybridized carbons (Fsp3) is 0.176. The van der Waals surface area contributed by atoms with Crippen molar-refractivity contribution >= 4 is 12.1 Å². The van der Waals surface area contributed by atoms with Crippen LogP contribution in [0.1, 0.15) is 39.4 Å². The van der Waals surface area contributed by atoms with Gasteiger partial charge in [0.1, 0.15) is 0 Å². The molecule has 3 rings (SSSR count). The third kappa shape index (κ3) is 1.99. The first-order chi connectivity index (χ1) is 9.31. The lowest BCUT2D eigenvalue weighted by atomic mass is 9.94. The molecule has 1 radical (unpaired) electrons. The molecule has 0 amide bonds. The molecule has 93 valence electrons. The molecule has 1 aliphatic carbocycles. The molecule has 0 aromatic heterocycles. The smallest absolute Gasteiger partial charge is 0.206 e. The van der Waals surface area contributed by atoms with Gasteiger partial charge in [0, 0.05) is 11.1 Å². The topological polar surface area (TPSA) is 34.1 Å². The van der Waals surface area contributed by atoms with Crippen molar-refractivity contribution in [2.24, 2.45) is 0 Å². The summed E-state index contributed by atoms with van der Waals surface area (Å²) in [6.07, 6.45) is 3.61. The van der Waals surface area contributed by atoms with Crippen molar-refractivity contribution in [3.63, 3.8) is 0 Å². The molecule has 0 aliphatic heterocycles. The van der Waals surface area contributed by atoms with Gasteiger partial charge in [-0.1, -0.05) is 48.5 Å². The van der Waals surface area contributed by atoms with Crippen LogP contribution in [0.2, 0.25) is 0 Å². The number of rotatable bonds is 3. The third-order valence-corrected chi connectivity index (χ3v) is 3.69. The van der Waals surface area contributed by atoms with E-state index in [4.69, 9.17) is 0 Å². The highest BCUT2D eigenvalue weighted by Gasteiger charge is 2.26. The van der Waals surface area contributed by atoms with Crippen LogP contribution in [-0.4, -0.2) is 12.1 Å². The maximum atomic E-state index is 12.5. The summed E-state index contributed by atoms with van der Waals surface area (Å²) in [7, 11) is 0. The first-order valence-electron chi connectivity index (χ1n) is 6.40. The van der Waals surface area contributed by atoms with Gasteiger partial charge in [-0.3, -0.25) is 9.59 Å². The Hall–Kier alpha value is -2.22. The van der Waals surface area contributed by atoms with E-state index in [2.05, 4.69) is 6.29 Å². The molecule has 2 nitrogen and oxygen atoms in total. The lowest BCUT2D eigenvalue weighted by Gasteiger charge is -2.08. The van der Waals surface area contributed by atoms with Crippen LogP contribution in [0.4, 0.5) is 0 Å². The number of carbonyl (C=O) groups is 1. The van der Waals surface area contributed by atoms with E-state index in [0.29, 0.717) is 5.56 Å². The highest BCUT2D eigenvalue weighted by Crippen LogP contribution is 2.34. The van der Waals surface area contributed by atoms with Crippen molar-refractivity contribution in [3.8, 4) is 0 Å². The zero-order valence-corrected chi connectivity index (χ0v) is 10.4. The number of hydrogen-bond acceptors (Lipinski definition) is 2. The van der Waals surface area contributed by atoms with Crippen molar-refractivity contribution in [2.45, 2.75) is 18.8 Å². The number of ketones is 1. The average molecular weight is 249 g/mol. The minimum absolute atomic E-state index is 0.0315. The van der Waals surface area contributed by atoms with Gasteiger partial charge in [-0.2, -0.15) is 0 Å². The Morgan fingerprint density at radius 1 is 1.05 bits per heavy atom. The largest absolute Gasteiger partial charge is 0.290 e. The molecule has 2 aromatic carbocycles. The molecule has 0 N–H and O–H groups in total. The van der Waals surface area contributed by atoms with E-state index in [1.807, 2.05) is 48.5 Å². The van der Waals surface area contributed by atoms with E-state index < -0.39 is 0 Å². The first-order valence-corrected chi connectivity index (χ1v) is 6.40. The standard InChI is InChI=1S/C17H13O2/c18-11-13-9-10-15-14(13)7-4-8-16(15)17(19)12-5-2-1-3-6-12/h1-8,13H,9-10H2. The van der Waals surface area contributed by atoms with Gasteiger partial charge in [-0.05, 0) is 24.0 Å². The maximum absolute atomic E-state index is 12.5. The number of benzene rings is 2. The molecule has 19 heavy (non-hydrogen) atoms. The van der Waals surface area contributed by atoms with Crippen LogP contribution in [-0.2, 0) is 11.2 Å². The average Bonchev–Trinajstić information content (AvgIpc) is 2.90. The Bertz CT molecular complexity index is 629. The van der Waals surface area contributed by atoms with Gasteiger partial charge in [0.2, 0.25) is 6.29 Å². The van der Waals surface area contributed by atoms with Gasteiger partial charge in [-0.15, -0.1) is 0 Å². The second kappa shape index (κ2) is 4.81. The van der Waals surface area contributed by atoms with Gasteiger partial charge >= 0.3 is 0 Å². The number of carbonyl (C=O) groups excluding carboxylic acids is 2. The van der Waals surface area contributed by atoms with Crippen LogP contribution in [0, 0.1) is 0 Å². The lowest BCUT2D eigenvalue weighted by molar-refractivity contribution is 0.103. The Kier molecular flexibility index (Phi) is 3.00. The van der Waals surface area contributed by atoms with Gasteiger partial charge in [0.25, 0.3) is 0 Å². The Morgan fingerprint density at radius 2 is 1.84 bits per heavy atom. The summed E-state index contributed by atoms with van der Waals surface area (Å²) in [4.78, 5) is 23.4. The summed E-state index contributed by atoms with van der Waals surface area (Å²) in [5.41, 5.74) is 3.40. The van der Waals surface area contributed by atoms with Crippen LogP contribution in [0.15, 0.2) is 48.5 Å². The summed E-state index contributed by atoms with van der Waals surface area (Å²) in [6.45, 7) is 0. The third-order valence-electron chi connectivity index (χ3n) is 3.69. The Morgan fingerprint density at radius 3 is 2.58 bits per heavy atom. The van der Waals surface area contributed by atoms with Crippen molar-refractivity contribution in [2.75, 3.05) is 0 Å². The molecule has 0 bridgehead atoms. The zero-order chi connectivity index (χ0) is 13.2. The van der Waals surface area contributed by atoms with Crippen molar-refractivity contribution in [3.05, 3.63) is 70.8 Å². The van der Waals surface area contributed by atoms with Crippen molar-refractivity contribution in [1.82, 2.24) is 0 Å². The predicted octanol–water partition coefficient (Wildman–Crippen LogP) is 3.06. The Balaban J connectivity index is 2.06. The molecule has 2 aromatic rings. The molecule has 0 heterocycles. The van der Waals surface area contributed by atoms with E-state index in [9.17, 15) is 9.59 Å². The zero-order valence-electron chi connectivity index (χ0n) is 10.4. The van der Waals surface area contributed by atoms with Gasteiger partial charge < -0.3 is 0 Å². The summed E-state index contributed by atoms with van der Waals surface area (Å²) < 4.78 is 0. The molecule has 1 unspecified atom stereocenters. The van der Waals surface area contributed by atoms with Crippen LogP contribution in [0.25, 0.3) is 0 Å². The lowest BCUT2D eigenvalue weighted by Crippen LogP contribution is -2.05. The monoisotopic (exact) mass is 249 g/mol. The molecule has 0 saturated heterocycles. The van der Waals surface area contributed by atoms with E-state index in [1.54, 1.807) is 0 Å². The van der Waals surface area contributed by atoms with Gasteiger partial charge in [0.15, 0.2) is 5.78 Å². The molecule has 2 heteroatoms. The highest BCUT2D eigenvalue weighted by atomic mass is 16.1. The molecule has 0 fully saturated rings. The number of fused-ring (bicyclic) bond motifs is 1. The molecular formula is C17H13O2. The van der Waals surface area contributed by atoms with E-state index in [1.165, 1.54) is 0 Å². The summed E-state index contributed by atoms with van der Waals surface area (Å²) in [6, 6.07) is 14.9. The van der Waals surface area contributed by atoms with Gasteiger partial charge in [0.05, 0.1) is 5.92 Å². The molecule has 0 spiro atoms. The van der Waals surface area contributed by atoms with Crippen molar-refractivity contribution < 1.29 is 9.59 Å².